The van der Waals surface area contributed by atoms with Crippen molar-refractivity contribution in [1.82, 2.24) is 0 Å². The van der Waals surface area contributed by atoms with Crippen molar-refractivity contribution in [2.24, 2.45) is 11.8 Å². The van der Waals surface area contributed by atoms with E-state index in [2.05, 4.69) is 0 Å². The Morgan fingerprint density at radius 2 is 0.984 bits per heavy atom. The van der Waals surface area contributed by atoms with Gasteiger partial charge in [0.1, 0.15) is 54.9 Å². The highest BCUT2D eigenvalue weighted by Crippen LogP contribution is 2.59. The zero-order valence-corrected chi connectivity index (χ0v) is 36.0. The normalized spacial score (nSPS) is 33.5. The van der Waals surface area contributed by atoms with Gasteiger partial charge in [-0.05, 0) is 102 Å². The summed E-state index contributed by atoms with van der Waals surface area (Å²) in [7, 11) is 5.85. The highest BCUT2D eigenvalue weighted by molar-refractivity contribution is 5.55. The predicted octanol–water partition coefficient (Wildman–Crippen LogP) is 0.239. The highest BCUT2D eigenvalue weighted by Gasteiger charge is 2.48. The van der Waals surface area contributed by atoms with Crippen molar-refractivity contribution in [2.75, 3.05) is 48.3 Å². The molecule has 0 bridgehead atoms. The van der Waals surface area contributed by atoms with Gasteiger partial charge in [0, 0.05) is 0 Å². The van der Waals surface area contributed by atoms with E-state index < -0.39 is 93.4 Å². The number of methoxy groups -OCH3 is 4. The molecule has 3 aromatic rings. The van der Waals surface area contributed by atoms with Crippen LogP contribution >= 0.6 is 0 Å². The minimum Gasteiger partial charge on any atom is -0.493 e. The van der Waals surface area contributed by atoms with Crippen LogP contribution in [0, 0.1) is 11.8 Å². The number of fused-ring (bicyclic) bond motifs is 1. The summed E-state index contributed by atoms with van der Waals surface area (Å²) in [5.41, 5.74) is 2.33. The second-order valence-corrected chi connectivity index (χ2v) is 16.7. The van der Waals surface area contributed by atoms with E-state index in [0.29, 0.717) is 29.1 Å². The Morgan fingerprint density at radius 3 is 1.45 bits per heavy atom. The second kappa shape index (κ2) is 20.5. The summed E-state index contributed by atoms with van der Waals surface area (Å²) in [6.07, 6.45) is -13.5. The number of benzene rings is 3. The van der Waals surface area contributed by atoms with Crippen molar-refractivity contribution in [3.63, 3.8) is 0 Å². The van der Waals surface area contributed by atoms with Crippen molar-refractivity contribution in [2.45, 2.75) is 111 Å². The molecule has 0 aromatic heterocycles. The van der Waals surface area contributed by atoms with Crippen molar-refractivity contribution in [3.8, 4) is 40.2 Å². The molecule has 0 unspecified atom stereocenters. The molecular weight excluding hydrogens is 844 g/mol. The first kappa shape index (κ1) is 47.7. The maximum atomic E-state index is 11.5. The van der Waals surface area contributed by atoms with Gasteiger partial charge in [0.05, 0.1) is 48.3 Å². The molecular formula is C45H60O19. The third-order valence-corrected chi connectivity index (χ3v) is 13.2. The van der Waals surface area contributed by atoms with Crippen LogP contribution < -0.4 is 33.2 Å². The average molecular weight is 905 g/mol. The minimum absolute atomic E-state index is 0.0586. The fourth-order valence-electron chi connectivity index (χ4n) is 9.78. The molecule has 19 heteroatoms. The molecule has 64 heavy (non-hydrogen) atoms. The van der Waals surface area contributed by atoms with Gasteiger partial charge in [-0.1, -0.05) is 12.1 Å². The topological polar surface area (TPSA) is 285 Å². The fraction of sp³-hybridized carbons (Fsp3) is 0.600. The molecule has 19 nitrogen and oxygen atoms in total. The Morgan fingerprint density at radius 1 is 0.531 bits per heavy atom. The van der Waals surface area contributed by atoms with E-state index in [1.54, 1.807) is 6.07 Å². The van der Waals surface area contributed by atoms with Gasteiger partial charge in [-0.2, -0.15) is 0 Å². The molecule has 2 aliphatic heterocycles. The molecule has 354 valence electrons. The van der Waals surface area contributed by atoms with Crippen LogP contribution in [0.25, 0.3) is 0 Å². The van der Waals surface area contributed by atoms with E-state index in [1.165, 1.54) is 46.6 Å². The molecule has 0 amide bonds. The first-order chi connectivity index (χ1) is 30.8. The molecule has 0 radical (unpaired) electrons. The van der Waals surface area contributed by atoms with Gasteiger partial charge in [0.15, 0.2) is 40.6 Å². The molecule has 0 spiro atoms. The summed E-state index contributed by atoms with van der Waals surface area (Å²) in [6.45, 7) is -1.82. The summed E-state index contributed by atoms with van der Waals surface area (Å²) in [5.74, 6) is 2.76. The summed E-state index contributed by atoms with van der Waals surface area (Å²) in [4.78, 5) is 0. The number of rotatable bonds is 17. The SMILES string of the molecule is COc1cc([C@@H](O)[C@H](CO)Oc2c(OC)cc([C@@H]3CC[C@@H]4[C@H]3CC[C@@H]4c3ccc(O[C@@H]4O[C@H](CO)[C@@H](O)[C@H](O)[C@H]4O)c(OC)c3)cc2OC)ccc1O[C@@H]1O[C@H](CO)[C@@H](O)[C@H](O)[C@H]1O. The van der Waals surface area contributed by atoms with Gasteiger partial charge in [0.2, 0.25) is 18.3 Å². The van der Waals surface area contributed by atoms with Crippen LogP contribution in [-0.4, -0.2) is 167 Å². The summed E-state index contributed by atoms with van der Waals surface area (Å²) in [6, 6.07) is 13.8. The van der Waals surface area contributed by atoms with E-state index in [9.17, 15) is 51.1 Å². The van der Waals surface area contributed by atoms with Gasteiger partial charge in [-0.3, -0.25) is 0 Å². The lowest BCUT2D eigenvalue weighted by Crippen LogP contribution is -2.60. The molecule has 4 aliphatic rings. The van der Waals surface area contributed by atoms with Crippen molar-refractivity contribution in [3.05, 3.63) is 65.2 Å². The van der Waals surface area contributed by atoms with Crippen molar-refractivity contribution >= 4 is 0 Å². The summed E-state index contributed by atoms with van der Waals surface area (Å²) in [5, 5.41) is 103. The smallest absolute Gasteiger partial charge is 0.229 e. The number of aliphatic hydroxyl groups excluding tert-OH is 10. The lowest BCUT2D eigenvalue weighted by atomic mass is 9.83. The molecule has 7 rings (SSSR count). The maximum absolute atomic E-state index is 11.5. The Labute approximate surface area is 369 Å². The second-order valence-electron chi connectivity index (χ2n) is 16.7. The van der Waals surface area contributed by atoms with Crippen LogP contribution in [0.15, 0.2) is 48.5 Å². The van der Waals surface area contributed by atoms with Gasteiger partial charge in [-0.15, -0.1) is 0 Å². The predicted molar refractivity (Wildman–Crippen MR) is 222 cm³/mol. The standard InChI is InChI=1S/C45H60O19/c1-56-29-13-20(5-11-27(29)61-44-41(54)39(52)37(50)34(18-47)63-44)23-7-9-26-24(8-10-25(23)26)22-15-31(58-3)43(32(16-22)59-4)60-33(17-46)36(49)21-6-12-28(30(14-21)57-2)62-45-42(55)40(53)38(51)35(19-48)64-45/h5-6,11-16,23-26,33-42,44-55H,7-10,17-19H2,1-4H3/t23-,24+,25+,26+,33+,34-,35-,36-,37-,38-,39+,40+,41-,42-,44-,45-/m1/s1. The Hall–Kier alpha value is -4.22. The van der Waals surface area contributed by atoms with Crippen molar-refractivity contribution in [1.29, 1.82) is 0 Å². The largest absolute Gasteiger partial charge is 0.493 e. The lowest BCUT2D eigenvalue weighted by Gasteiger charge is -2.39. The van der Waals surface area contributed by atoms with Crippen molar-refractivity contribution < 1.29 is 93.7 Å². The maximum Gasteiger partial charge on any atom is 0.229 e. The first-order valence-electron chi connectivity index (χ1n) is 21.3. The number of hydrogen-bond acceptors (Lipinski definition) is 19. The van der Waals surface area contributed by atoms with Crippen LogP contribution in [0.2, 0.25) is 0 Å². The van der Waals surface area contributed by atoms with Crippen LogP contribution in [-0.2, 0) is 9.47 Å². The Kier molecular flexibility index (Phi) is 15.3. The fourth-order valence-corrected chi connectivity index (χ4v) is 9.78. The van der Waals surface area contributed by atoms with E-state index in [4.69, 9.17) is 42.6 Å². The summed E-state index contributed by atoms with van der Waals surface area (Å²) >= 11 is 0. The monoisotopic (exact) mass is 904 g/mol. The molecule has 2 aliphatic carbocycles. The molecule has 10 N–H and O–H groups in total. The summed E-state index contributed by atoms with van der Waals surface area (Å²) < 4.78 is 51.8. The molecule has 2 saturated heterocycles. The molecule has 2 heterocycles. The van der Waals surface area contributed by atoms with E-state index in [0.717, 1.165) is 36.8 Å². The molecule has 16 atom stereocenters. The minimum atomic E-state index is -1.66. The van der Waals surface area contributed by atoms with Gasteiger partial charge in [-0.25, -0.2) is 0 Å². The Balaban J connectivity index is 1.04. The number of hydrogen-bond donors (Lipinski definition) is 10. The molecule has 3 aromatic carbocycles. The lowest BCUT2D eigenvalue weighted by molar-refractivity contribution is -0.277. The average Bonchev–Trinajstić information content (AvgIpc) is 3.94. The van der Waals surface area contributed by atoms with E-state index >= 15 is 0 Å². The number of aliphatic hydroxyl groups is 10. The first-order valence-corrected chi connectivity index (χ1v) is 21.3. The molecule has 2 saturated carbocycles. The van der Waals surface area contributed by atoms with Gasteiger partial charge < -0.3 is 93.7 Å². The van der Waals surface area contributed by atoms with Crippen LogP contribution in [0.3, 0.4) is 0 Å². The van der Waals surface area contributed by atoms with Gasteiger partial charge in [0.25, 0.3) is 0 Å². The van der Waals surface area contributed by atoms with Crippen LogP contribution in [0.1, 0.15) is 60.3 Å². The Bertz CT molecular complexity index is 1990. The van der Waals surface area contributed by atoms with Crippen LogP contribution in [0.5, 0.6) is 40.2 Å². The molecule has 4 fully saturated rings. The van der Waals surface area contributed by atoms with Crippen LogP contribution in [0.4, 0.5) is 0 Å². The zero-order valence-electron chi connectivity index (χ0n) is 36.0. The zero-order chi connectivity index (χ0) is 46.0. The third kappa shape index (κ3) is 9.27. The van der Waals surface area contributed by atoms with E-state index in [1.807, 2.05) is 24.3 Å². The van der Waals surface area contributed by atoms with Gasteiger partial charge >= 0.3 is 0 Å². The quantitative estimate of drug-likeness (QED) is 0.0868. The third-order valence-electron chi connectivity index (χ3n) is 13.2. The highest BCUT2D eigenvalue weighted by atomic mass is 16.7. The number of ether oxygens (including phenoxy) is 9. The van der Waals surface area contributed by atoms with E-state index in [-0.39, 0.29) is 40.4 Å².